The van der Waals surface area contributed by atoms with Gasteiger partial charge in [0.1, 0.15) is 0 Å². The molecule has 3 rings (SSSR count). The van der Waals surface area contributed by atoms with E-state index in [-0.39, 0.29) is 0 Å². The Kier molecular flexibility index (Phi) is 3.41. The number of nitrogens with zero attached hydrogens (tertiary/aromatic N) is 3. The van der Waals surface area contributed by atoms with Crippen molar-refractivity contribution in [1.29, 1.82) is 0 Å². The number of rotatable bonds is 3. The number of thioether (sulfide) groups is 1. The van der Waals surface area contributed by atoms with E-state index in [4.69, 9.17) is 0 Å². The fraction of sp³-hybridized carbons (Fsp3) is 0.538. The molecule has 1 saturated heterocycles. The van der Waals surface area contributed by atoms with Crippen LogP contribution >= 0.6 is 11.8 Å². The standard InChI is InChI=1S/C13H18N4S/c1-10-2-3-12-15-13(16-17(12)9-10)14-8-11-4-6-18-7-5-11/h2-3,9,11H,4-8H2,1H3,(H,14,16). The maximum atomic E-state index is 4.47. The lowest BCUT2D eigenvalue weighted by Crippen LogP contribution is -2.19. The third-order valence-electron chi connectivity index (χ3n) is 3.37. The zero-order valence-corrected chi connectivity index (χ0v) is 11.4. The molecule has 1 aliphatic heterocycles. The summed E-state index contributed by atoms with van der Waals surface area (Å²) in [4.78, 5) is 4.47. The van der Waals surface area contributed by atoms with Crippen molar-refractivity contribution in [1.82, 2.24) is 14.6 Å². The first kappa shape index (κ1) is 11.8. The lowest BCUT2D eigenvalue weighted by molar-refractivity contribution is 0.515. The molecule has 4 nitrogen and oxygen atoms in total. The predicted molar refractivity (Wildman–Crippen MR) is 76.3 cm³/mol. The van der Waals surface area contributed by atoms with E-state index >= 15 is 0 Å². The first-order valence-corrected chi connectivity index (χ1v) is 7.61. The van der Waals surface area contributed by atoms with Gasteiger partial charge in [-0.05, 0) is 48.8 Å². The summed E-state index contributed by atoms with van der Waals surface area (Å²) in [5.41, 5.74) is 2.10. The summed E-state index contributed by atoms with van der Waals surface area (Å²) in [5.74, 6) is 4.12. The summed E-state index contributed by atoms with van der Waals surface area (Å²) in [6, 6.07) is 4.07. The molecule has 1 N–H and O–H groups in total. The highest BCUT2D eigenvalue weighted by Gasteiger charge is 2.14. The Balaban J connectivity index is 1.67. The van der Waals surface area contributed by atoms with Crippen LogP contribution in [0, 0.1) is 12.8 Å². The average Bonchev–Trinajstić information content (AvgIpc) is 2.79. The second-order valence-electron chi connectivity index (χ2n) is 4.88. The van der Waals surface area contributed by atoms with Gasteiger partial charge < -0.3 is 5.32 Å². The van der Waals surface area contributed by atoms with Gasteiger partial charge in [0.05, 0.1) is 0 Å². The van der Waals surface area contributed by atoms with Crippen molar-refractivity contribution in [3.05, 3.63) is 23.9 Å². The number of aromatic nitrogens is 3. The highest BCUT2D eigenvalue weighted by atomic mass is 32.2. The molecule has 0 bridgehead atoms. The Labute approximate surface area is 111 Å². The third-order valence-corrected chi connectivity index (χ3v) is 4.42. The Morgan fingerprint density at radius 2 is 2.22 bits per heavy atom. The fourth-order valence-corrected chi connectivity index (χ4v) is 3.45. The smallest absolute Gasteiger partial charge is 0.243 e. The summed E-state index contributed by atoms with van der Waals surface area (Å²) < 4.78 is 1.84. The molecule has 0 spiro atoms. The summed E-state index contributed by atoms with van der Waals surface area (Å²) in [7, 11) is 0. The summed E-state index contributed by atoms with van der Waals surface area (Å²) >= 11 is 2.06. The van der Waals surface area contributed by atoms with Crippen LogP contribution in [0.25, 0.3) is 5.65 Å². The zero-order chi connectivity index (χ0) is 12.4. The minimum absolute atomic E-state index is 0.749. The van der Waals surface area contributed by atoms with Crippen molar-refractivity contribution in [2.24, 2.45) is 5.92 Å². The zero-order valence-electron chi connectivity index (χ0n) is 10.6. The molecule has 18 heavy (non-hydrogen) atoms. The van der Waals surface area contributed by atoms with Crippen LogP contribution in [0.4, 0.5) is 5.95 Å². The van der Waals surface area contributed by atoms with Gasteiger partial charge in [-0.25, -0.2) is 4.52 Å². The topological polar surface area (TPSA) is 42.2 Å². The first-order chi connectivity index (χ1) is 8.81. The second-order valence-corrected chi connectivity index (χ2v) is 6.11. The molecule has 0 atom stereocenters. The molecule has 3 heterocycles. The minimum atomic E-state index is 0.749. The van der Waals surface area contributed by atoms with Crippen LogP contribution in [0.2, 0.25) is 0 Å². The van der Waals surface area contributed by atoms with Gasteiger partial charge in [-0.2, -0.15) is 16.7 Å². The van der Waals surface area contributed by atoms with Crippen molar-refractivity contribution < 1.29 is 0 Å². The predicted octanol–water partition coefficient (Wildman–Crippen LogP) is 2.59. The number of hydrogen-bond donors (Lipinski definition) is 1. The van der Waals surface area contributed by atoms with E-state index in [9.17, 15) is 0 Å². The van der Waals surface area contributed by atoms with E-state index in [1.165, 1.54) is 29.9 Å². The van der Waals surface area contributed by atoms with Crippen molar-refractivity contribution >= 4 is 23.4 Å². The molecular weight excluding hydrogens is 244 g/mol. The quantitative estimate of drug-likeness (QED) is 0.923. The van der Waals surface area contributed by atoms with Crippen molar-refractivity contribution in [3.63, 3.8) is 0 Å². The van der Waals surface area contributed by atoms with Crippen LogP contribution in [0.15, 0.2) is 18.3 Å². The molecular formula is C13H18N4S. The van der Waals surface area contributed by atoms with Crippen LogP contribution in [-0.4, -0.2) is 32.6 Å². The van der Waals surface area contributed by atoms with Gasteiger partial charge in [-0.3, -0.25) is 0 Å². The van der Waals surface area contributed by atoms with E-state index < -0.39 is 0 Å². The maximum Gasteiger partial charge on any atom is 0.243 e. The monoisotopic (exact) mass is 262 g/mol. The number of fused-ring (bicyclic) bond motifs is 1. The minimum Gasteiger partial charge on any atom is -0.353 e. The molecule has 2 aromatic rings. The van der Waals surface area contributed by atoms with Gasteiger partial charge >= 0.3 is 0 Å². The molecule has 1 aliphatic rings. The Hall–Kier alpha value is -1.23. The molecule has 0 unspecified atom stereocenters. The number of anilines is 1. The molecule has 0 aliphatic carbocycles. The fourth-order valence-electron chi connectivity index (χ4n) is 2.25. The van der Waals surface area contributed by atoms with Crippen LogP contribution in [0.1, 0.15) is 18.4 Å². The highest BCUT2D eigenvalue weighted by Crippen LogP contribution is 2.22. The molecule has 96 valence electrons. The first-order valence-electron chi connectivity index (χ1n) is 6.46. The number of pyridine rings is 1. The van der Waals surface area contributed by atoms with Gasteiger partial charge in [-0.1, -0.05) is 6.07 Å². The number of nitrogens with one attached hydrogen (secondary N) is 1. The maximum absolute atomic E-state index is 4.47. The van der Waals surface area contributed by atoms with Crippen LogP contribution in [-0.2, 0) is 0 Å². The molecule has 0 saturated carbocycles. The number of aryl methyl sites for hydroxylation is 1. The highest BCUT2D eigenvalue weighted by molar-refractivity contribution is 7.99. The van der Waals surface area contributed by atoms with Gasteiger partial charge in [0.2, 0.25) is 5.95 Å². The second kappa shape index (κ2) is 5.18. The summed E-state index contributed by atoms with van der Waals surface area (Å²) in [6.45, 7) is 3.06. The van der Waals surface area contributed by atoms with E-state index in [1.54, 1.807) is 0 Å². The Morgan fingerprint density at radius 3 is 3.06 bits per heavy atom. The summed E-state index contributed by atoms with van der Waals surface area (Å²) in [6.07, 6.45) is 4.62. The van der Waals surface area contributed by atoms with Crippen molar-refractivity contribution in [2.45, 2.75) is 19.8 Å². The molecule has 0 radical (unpaired) electrons. The summed E-state index contributed by atoms with van der Waals surface area (Å²) in [5, 5.41) is 7.82. The average molecular weight is 262 g/mol. The molecule has 1 fully saturated rings. The molecule has 5 heteroatoms. The van der Waals surface area contributed by atoms with Gasteiger partial charge in [0.15, 0.2) is 5.65 Å². The van der Waals surface area contributed by atoms with Crippen molar-refractivity contribution in [2.75, 3.05) is 23.4 Å². The van der Waals surface area contributed by atoms with Gasteiger partial charge in [-0.15, -0.1) is 5.10 Å². The SMILES string of the molecule is Cc1ccc2nc(NCC3CCSCC3)nn2c1. The largest absolute Gasteiger partial charge is 0.353 e. The van der Waals surface area contributed by atoms with Crippen LogP contribution in [0.3, 0.4) is 0 Å². The third kappa shape index (κ3) is 2.61. The lowest BCUT2D eigenvalue weighted by Gasteiger charge is -2.20. The van der Waals surface area contributed by atoms with E-state index in [2.05, 4.69) is 40.2 Å². The van der Waals surface area contributed by atoms with Crippen LogP contribution in [0.5, 0.6) is 0 Å². The van der Waals surface area contributed by atoms with Gasteiger partial charge in [0.25, 0.3) is 0 Å². The van der Waals surface area contributed by atoms with Crippen molar-refractivity contribution in [3.8, 4) is 0 Å². The van der Waals surface area contributed by atoms with E-state index in [0.29, 0.717) is 0 Å². The van der Waals surface area contributed by atoms with Crippen LogP contribution < -0.4 is 5.32 Å². The Morgan fingerprint density at radius 1 is 1.39 bits per heavy atom. The van der Waals surface area contributed by atoms with E-state index in [1.807, 2.05) is 16.8 Å². The lowest BCUT2D eigenvalue weighted by atomic mass is 10.0. The van der Waals surface area contributed by atoms with Gasteiger partial charge in [0, 0.05) is 12.7 Å². The molecule has 2 aromatic heterocycles. The Bertz CT molecular complexity index is 531. The van der Waals surface area contributed by atoms with E-state index in [0.717, 1.165) is 24.1 Å². The molecule has 0 amide bonds. The molecule has 0 aromatic carbocycles. The number of hydrogen-bond acceptors (Lipinski definition) is 4. The normalized spacial score (nSPS) is 17.2.